The van der Waals surface area contributed by atoms with Crippen LogP contribution < -0.4 is 4.90 Å². The van der Waals surface area contributed by atoms with Crippen molar-refractivity contribution in [3.8, 4) is 0 Å². The van der Waals surface area contributed by atoms with Crippen molar-refractivity contribution in [2.45, 2.75) is 25.7 Å². The zero-order valence-electron chi connectivity index (χ0n) is 13.0. The maximum Gasteiger partial charge on any atom is 0.274 e. The van der Waals surface area contributed by atoms with Gasteiger partial charge in [0.2, 0.25) is 0 Å². The van der Waals surface area contributed by atoms with Gasteiger partial charge >= 0.3 is 0 Å². The minimum atomic E-state index is 0.0606. The van der Waals surface area contributed by atoms with E-state index in [2.05, 4.69) is 25.3 Å². The van der Waals surface area contributed by atoms with Gasteiger partial charge in [0.1, 0.15) is 0 Å². The third kappa shape index (κ3) is 2.67. The lowest BCUT2D eigenvalue weighted by molar-refractivity contribution is 0.0760. The molecule has 2 aromatic heterocycles. The van der Waals surface area contributed by atoms with Crippen LogP contribution in [0.4, 0.5) is 5.82 Å². The molecule has 23 heavy (non-hydrogen) atoms. The summed E-state index contributed by atoms with van der Waals surface area (Å²) in [4.78, 5) is 16.9. The first-order valence-electron chi connectivity index (χ1n) is 8.21. The van der Waals surface area contributed by atoms with Crippen molar-refractivity contribution < 1.29 is 4.79 Å². The largest absolute Gasteiger partial charge is 0.353 e. The van der Waals surface area contributed by atoms with Gasteiger partial charge in [-0.05, 0) is 37.8 Å². The van der Waals surface area contributed by atoms with Crippen molar-refractivity contribution in [3.05, 3.63) is 35.3 Å². The molecular weight excluding hydrogens is 292 g/mol. The van der Waals surface area contributed by atoms with Crippen LogP contribution >= 0.6 is 0 Å². The van der Waals surface area contributed by atoms with Crippen LogP contribution in [0.2, 0.25) is 0 Å². The van der Waals surface area contributed by atoms with Crippen molar-refractivity contribution in [3.63, 3.8) is 0 Å². The van der Waals surface area contributed by atoms with Gasteiger partial charge < -0.3 is 9.80 Å². The number of nitrogens with one attached hydrogen (secondary N) is 1. The van der Waals surface area contributed by atoms with Crippen LogP contribution in [0.1, 0.15) is 34.6 Å². The highest BCUT2D eigenvalue weighted by molar-refractivity contribution is 5.94. The number of hydrogen-bond donors (Lipinski definition) is 1. The lowest BCUT2D eigenvalue weighted by atomic mass is 10.2. The molecule has 7 heteroatoms. The van der Waals surface area contributed by atoms with E-state index in [1.807, 2.05) is 17.0 Å². The average Bonchev–Trinajstić information content (AvgIpc) is 3.11. The number of anilines is 1. The summed E-state index contributed by atoms with van der Waals surface area (Å²) in [5.41, 5.74) is 2.90. The van der Waals surface area contributed by atoms with E-state index in [-0.39, 0.29) is 5.91 Å². The van der Waals surface area contributed by atoms with Crippen LogP contribution in [-0.2, 0) is 12.8 Å². The molecule has 7 nitrogen and oxygen atoms in total. The van der Waals surface area contributed by atoms with Gasteiger partial charge in [0.05, 0.1) is 0 Å². The molecule has 2 aliphatic rings. The van der Waals surface area contributed by atoms with Crippen LogP contribution in [-0.4, -0.2) is 57.4 Å². The first-order chi connectivity index (χ1) is 11.3. The second-order valence-electron chi connectivity index (χ2n) is 6.10. The normalized spacial score (nSPS) is 17.9. The number of carbonyl (C=O) groups excluding carboxylic acids is 1. The minimum absolute atomic E-state index is 0.0606. The summed E-state index contributed by atoms with van der Waals surface area (Å²) < 4.78 is 0. The van der Waals surface area contributed by atoms with Crippen molar-refractivity contribution in [1.82, 2.24) is 25.3 Å². The minimum Gasteiger partial charge on any atom is -0.353 e. The highest BCUT2D eigenvalue weighted by Gasteiger charge is 2.28. The fourth-order valence-electron chi connectivity index (χ4n) is 3.46. The zero-order chi connectivity index (χ0) is 15.6. The molecule has 1 aliphatic carbocycles. The Morgan fingerprint density at radius 2 is 2.09 bits per heavy atom. The van der Waals surface area contributed by atoms with E-state index in [9.17, 15) is 4.79 Å². The molecule has 3 heterocycles. The molecule has 1 aliphatic heterocycles. The van der Waals surface area contributed by atoms with E-state index in [1.54, 1.807) is 6.20 Å². The maximum absolute atomic E-state index is 12.8. The lowest BCUT2D eigenvalue weighted by Gasteiger charge is -2.22. The van der Waals surface area contributed by atoms with E-state index < -0.39 is 0 Å². The number of aromatic nitrogens is 4. The summed E-state index contributed by atoms with van der Waals surface area (Å²) in [6.07, 6.45) is 5.69. The summed E-state index contributed by atoms with van der Waals surface area (Å²) >= 11 is 0. The summed E-state index contributed by atoms with van der Waals surface area (Å²) in [5.74, 6) is 0.938. The Bertz CT molecular complexity index is 698. The molecular formula is C16H20N6O. The van der Waals surface area contributed by atoms with E-state index >= 15 is 0 Å². The number of hydrogen-bond acceptors (Lipinski definition) is 5. The molecule has 1 fully saturated rings. The number of carbonyl (C=O) groups is 1. The number of fused-ring (bicyclic) bond motifs is 1. The highest BCUT2D eigenvalue weighted by Crippen LogP contribution is 2.24. The van der Waals surface area contributed by atoms with Gasteiger partial charge in [-0.3, -0.25) is 9.89 Å². The Balaban J connectivity index is 1.47. The summed E-state index contributed by atoms with van der Waals surface area (Å²) in [6.45, 7) is 3.12. The Kier molecular flexibility index (Phi) is 3.69. The Labute approximate surface area is 134 Å². The molecule has 0 aromatic carbocycles. The van der Waals surface area contributed by atoms with E-state index in [0.717, 1.165) is 62.4 Å². The van der Waals surface area contributed by atoms with E-state index in [0.29, 0.717) is 12.2 Å². The fourth-order valence-corrected chi connectivity index (χ4v) is 3.46. The number of rotatable bonds is 2. The van der Waals surface area contributed by atoms with Gasteiger partial charge in [0.25, 0.3) is 5.91 Å². The van der Waals surface area contributed by atoms with Crippen molar-refractivity contribution in [2.75, 3.05) is 31.1 Å². The van der Waals surface area contributed by atoms with Gasteiger partial charge in [-0.1, -0.05) is 0 Å². The fraction of sp³-hybridized carbons (Fsp3) is 0.500. The summed E-state index contributed by atoms with van der Waals surface area (Å²) in [6, 6.07) is 3.86. The van der Waals surface area contributed by atoms with E-state index in [1.165, 1.54) is 0 Å². The van der Waals surface area contributed by atoms with Crippen molar-refractivity contribution in [2.24, 2.45) is 0 Å². The predicted molar refractivity (Wildman–Crippen MR) is 85.4 cm³/mol. The molecule has 120 valence electrons. The third-order valence-corrected chi connectivity index (χ3v) is 4.67. The van der Waals surface area contributed by atoms with Gasteiger partial charge in [-0.15, -0.1) is 5.10 Å². The maximum atomic E-state index is 12.8. The molecule has 0 atom stereocenters. The Morgan fingerprint density at radius 3 is 2.96 bits per heavy atom. The van der Waals surface area contributed by atoms with Crippen LogP contribution in [0.25, 0.3) is 0 Å². The van der Waals surface area contributed by atoms with Gasteiger partial charge in [-0.25, -0.2) is 0 Å². The molecule has 4 rings (SSSR count). The average molecular weight is 312 g/mol. The molecule has 0 spiro atoms. The number of aromatic amines is 1. The monoisotopic (exact) mass is 312 g/mol. The van der Waals surface area contributed by atoms with Crippen molar-refractivity contribution in [1.29, 1.82) is 0 Å². The molecule has 0 radical (unpaired) electrons. The highest BCUT2D eigenvalue weighted by atomic mass is 16.2. The SMILES string of the molecule is O=C(c1n[nH]c2c1CCC2)N1CCCN(c2cccnn2)CC1. The quantitative estimate of drug-likeness (QED) is 0.896. The summed E-state index contributed by atoms with van der Waals surface area (Å²) in [5, 5.41) is 15.4. The Hall–Kier alpha value is -2.44. The molecule has 0 saturated carbocycles. The first-order valence-corrected chi connectivity index (χ1v) is 8.21. The standard InChI is InChI=1S/C16H20N6O/c23-16(15-12-4-1-5-13(12)18-20-15)22-9-3-8-21(10-11-22)14-6-2-7-17-19-14/h2,6-7H,1,3-5,8-11H2,(H,18,20). The topological polar surface area (TPSA) is 78.0 Å². The number of H-pyrrole nitrogens is 1. The first kappa shape index (κ1) is 14.2. The number of aryl methyl sites for hydroxylation is 1. The predicted octanol–water partition coefficient (Wildman–Crippen LogP) is 1.04. The van der Waals surface area contributed by atoms with Gasteiger partial charge in [-0.2, -0.15) is 10.2 Å². The van der Waals surface area contributed by atoms with Crippen LogP contribution in [0, 0.1) is 0 Å². The van der Waals surface area contributed by atoms with E-state index in [4.69, 9.17) is 0 Å². The van der Waals surface area contributed by atoms with Crippen LogP contribution in [0.5, 0.6) is 0 Å². The second kappa shape index (κ2) is 5.98. The molecule has 0 unspecified atom stereocenters. The Morgan fingerprint density at radius 1 is 1.13 bits per heavy atom. The number of nitrogens with zero attached hydrogens (tertiary/aromatic N) is 5. The van der Waals surface area contributed by atoms with Crippen molar-refractivity contribution >= 4 is 11.7 Å². The lowest BCUT2D eigenvalue weighted by Crippen LogP contribution is -2.36. The van der Waals surface area contributed by atoms with Crippen LogP contribution in [0.3, 0.4) is 0 Å². The molecule has 0 bridgehead atoms. The zero-order valence-corrected chi connectivity index (χ0v) is 13.0. The molecule has 2 aromatic rings. The smallest absolute Gasteiger partial charge is 0.274 e. The number of amides is 1. The molecule has 1 saturated heterocycles. The molecule has 1 amide bonds. The van der Waals surface area contributed by atoms with Crippen LogP contribution in [0.15, 0.2) is 18.3 Å². The van der Waals surface area contributed by atoms with Gasteiger partial charge in [0.15, 0.2) is 11.5 Å². The second-order valence-corrected chi connectivity index (χ2v) is 6.10. The summed E-state index contributed by atoms with van der Waals surface area (Å²) in [7, 11) is 0. The third-order valence-electron chi connectivity index (χ3n) is 4.67. The molecule has 1 N–H and O–H groups in total. The van der Waals surface area contributed by atoms with Gasteiger partial charge in [0, 0.05) is 43.6 Å².